The van der Waals surface area contributed by atoms with E-state index in [4.69, 9.17) is 32.7 Å². The van der Waals surface area contributed by atoms with Crippen LogP contribution in [0.4, 0.5) is 4.79 Å². The molecule has 0 unspecified atom stereocenters. The van der Waals surface area contributed by atoms with Crippen LogP contribution in [0.25, 0.3) is 6.08 Å². The molecule has 0 N–H and O–H groups in total. The highest BCUT2D eigenvalue weighted by atomic mass is 127. The molecule has 9 heteroatoms. The van der Waals surface area contributed by atoms with Crippen LogP contribution >= 0.6 is 57.6 Å². The molecule has 1 saturated heterocycles. The topological polar surface area (TPSA) is 55.8 Å². The molecule has 0 aromatic heterocycles. The Hall–Kier alpha value is -2.20. The van der Waals surface area contributed by atoms with Gasteiger partial charge in [0.1, 0.15) is 6.61 Å². The Morgan fingerprint density at radius 2 is 1.80 bits per heavy atom. The molecule has 0 radical (unpaired) electrons. The fourth-order valence-corrected chi connectivity index (χ4v) is 5.50. The summed E-state index contributed by atoms with van der Waals surface area (Å²) < 4.78 is 12.4. The number of benzene rings is 3. The maximum atomic E-state index is 13.0. The van der Waals surface area contributed by atoms with Gasteiger partial charge in [0.25, 0.3) is 11.1 Å². The zero-order valence-electron chi connectivity index (χ0n) is 18.8. The van der Waals surface area contributed by atoms with Gasteiger partial charge in [-0.2, -0.15) is 0 Å². The summed E-state index contributed by atoms with van der Waals surface area (Å²) in [5.41, 5.74) is 3.60. The lowest BCUT2D eigenvalue weighted by Gasteiger charge is -2.14. The number of thioether (sulfide) groups is 1. The average Bonchev–Trinajstić information content (AvgIpc) is 3.08. The van der Waals surface area contributed by atoms with Gasteiger partial charge in [-0.05, 0) is 88.3 Å². The third-order valence-corrected chi connectivity index (χ3v) is 7.57. The number of carbonyl (C=O) groups excluding carboxylic acids is 2. The van der Waals surface area contributed by atoms with E-state index in [1.54, 1.807) is 37.5 Å². The van der Waals surface area contributed by atoms with Crippen LogP contribution in [-0.2, 0) is 17.9 Å². The van der Waals surface area contributed by atoms with Gasteiger partial charge in [0.15, 0.2) is 11.5 Å². The Kier molecular flexibility index (Phi) is 8.31. The Labute approximate surface area is 231 Å². The molecule has 1 heterocycles. The molecule has 3 aromatic carbocycles. The smallest absolute Gasteiger partial charge is 0.293 e. The van der Waals surface area contributed by atoms with Crippen molar-refractivity contribution in [3.05, 3.63) is 95.4 Å². The summed E-state index contributed by atoms with van der Waals surface area (Å²) in [4.78, 5) is 27.0. The first-order valence-corrected chi connectivity index (χ1v) is 13.2. The number of hydrogen-bond acceptors (Lipinski definition) is 5. The number of halogens is 3. The normalized spacial score (nSPS) is 14.7. The summed E-state index contributed by atoms with van der Waals surface area (Å²) in [6.07, 6.45) is 1.68. The van der Waals surface area contributed by atoms with Gasteiger partial charge >= 0.3 is 0 Å². The van der Waals surface area contributed by atoms with E-state index in [0.29, 0.717) is 38.6 Å². The van der Waals surface area contributed by atoms with Gasteiger partial charge in [0, 0.05) is 10.0 Å². The average molecular weight is 640 g/mol. The van der Waals surface area contributed by atoms with Crippen molar-refractivity contribution in [3.8, 4) is 11.5 Å². The van der Waals surface area contributed by atoms with Crippen LogP contribution in [0.5, 0.6) is 11.5 Å². The minimum atomic E-state index is -0.375. The molecule has 0 spiro atoms. The molecule has 180 valence electrons. The maximum absolute atomic E-state index is 13.0. The van der Waals surface area contributed by atoms with Crippen molar-refractivity contribution >= 4 is 74.8 Å². The molecule has 4 rings (SSSR count). The quantitative estimate of drug-likeness (QED) is 0.196. The van der Waals surface area contributed by atoms with Gasteiger partial charge in [-0.15, -0.1) is 0 Å². The van der Waals surface area contributed by atoms with E-state index in [1.807, 2.05) is 37.3 Å². The number of imide groups is 1. The lowest BCUT2D eigenvalue weighted by molar-refractivity contribution is -0.123. The number of amides is 2. The fourth-order valence-electron chi connectivity index (χ4n) is 3.41. The van der Waals surface area contributed by atoms with Crippen LogP contribution in [-0.4, -0.2) is 23.2 Å². The zero-order chi connectivity index (χ0) is 25.1. The highest BCUT2D eigenvalue weighted by Gasteiger charge is 2.35. The molecular weight excluding hydrogens is 620 g/mol. The van der Waals surface area contributed by atoms with Gasteiger partial charge in [-0.1, -0.05) is 59.1 Å². The number of nitrogens with zero attached hydrogens (tertiary/aromatic N) is 1. The molecule has 5 nitrogen and oxygen atoms in total. The first-order chi connectivity index (χ1) is 16.7. The first-order valence-electron chi connectivity index (χ1n) is 10.5. The molecule has 1 aliphatic heterocycles. The lowest BCUT2D eigenvalue weighted by Crippen LogP contribution is -2.27. The molecule has 0 bridgehead atoms. The van der Waals surface area contributed by atoms with Gasteiger partial charge in [0.05, 0.1) is 22.1 Å². The number of ether oxygens (including phenoxy) is 2. The minimum absolute atomic E-state index is 0.0741. The fraction of sp³-hybridized carbons (Fsp3) is 0.154. The summed E-state index contributed by atoms with van der Waals surface area (Å²) in [6.45, 7) is 2.51. The zero-order valence-corrected chi connectivity index (χ0v) is 23.3. The second-order valence-corrected chi connectivity index (χ2v) is 10.8. The minimum Gasteiger partial charge on any atom is -0.493 e. The van der Waals surface area contributed by atoms with Crippen LogP contribution in [0.1, 0.15) is 22.3 Å². The monoisotopic (exact) mass is 639 g/mol. The second-order valence-electron chi connectivity index (χ2n) is 7.81. The van der Waals surface area contributed by atoms with Crippen molar-refractivity contribution in [3.63, 3.8) is 0 Å². The third-order valence-electron chi connectivity index (χ3n) is 5.27. The molecule has 0 atom stereocenters. The standard InChI is InChI=1S/C26H20Cl2INO4S/c1-15-3-5-16(6-4-15)14-34-24-21(29)9-17(10-22(24)33-2)11-23-25(31)30(26(32)35-23)13-18-7-8-19(27)12-20(18)28/h3-12H,13-14H2,1-2H3/b23-11-. The first kappa shape index (κ1) is 25.9. The van der Waals surface area contributed by atoms with E-state index in [2.05, 4.69) is 22.6 Å². The Morgan fingerprint density at radius 3 is 2.49 bits per heavy atom. The Morgan fingerprint density at radius 1 is 1.06 bits per heavy atom. The van der Waals surface area contributed by atoms with E-state index in [0.717, 1.165) is 26.5 Å². The van der Waals surface area contributed by atoms with Crippen LogP contribution in [0.3, 0.4) is 0 Å². The summed E-state index contributed by atoms with van der Waals surface area (Å²) in [6, 6.07) is 16.8. The molecular formula is C26H20Cl2INO4S. The van der Waals surface area contributed by atoms with E-state index >= 15 is 0 Å². The predicted molar refractivity (Wildman–Crippen MR) is 149 cm³/mol. The van der Waals surface area contributed by atoms with E-state index in [-0.39, 0.29) is 17.7 Å². The maximum Gasteiger partial charge on any atom is 0.293 e. The number of rotatable bonds is 7. The molecule has 0 saturated carbocycles. The number of methoxy groups -OCH3 is 1. The molecule has 3 aromatic rings. The number of carbonyl (C=O) groups is 2. The Bertz CT molecular complexity index is 1330. The van der Waals surface area contributed by atoms with E-state index < -0.39 is 0 Å². The van der Waals surface area contributed by atoms with Crippen molar-refractivity contribution in [2.75, 3.05) is 7.11 Å². The van der Waals surface area contributed by atoms with Gasteiger partial charge in [-0.3, -0.25) is 14.5 Å². The van der Waals surface area contributed by atoms with Gasteiger partial charge in [0.2, 0.25) is 0 Å². The van der Waals surface area contributed by atoms with Crippen LogP contribution in [0.2, 0.25) is 10.0 Å². The van der Waals surface area contributed by atoms with Crippen molar-refractivity contribution in [1.29, 1.82) is 0 Å². The van der Waals surface area contributed by atoms with Crippen molar-refractivity contribution in [2.45, 2.75) is 20.1 Å². The summed E-state index contributed by atoms with van der Waals surface area (Å²) in [5.74, 6) is 0.790. The number of hydrogen-bond donors (Lipinski definition) is 0. The van der Waals surface area contributed by atoms with Gasteiger partial charge in [-0.25, -0.2) is 0 Å². The van der Waals surface area contributed by atoms with Crippen molar-refractivity contribution in [1.82, 2.24) is 4.90 Å². The lowest BCUT2D eigenvalue weighted by atomic mass is 10.1. The summed E-state index contributed by atoms with van der Waals surface area (Å²) >= 11 is 15.2. The molecule has 1 fully saturated rings. The van der Waals surface area contributed by atoms with Crippen LogP contribution in [0.15, 0.2) is 59.5 Å². The van der Waals surface area contributed by atoms with E-state index in [1.165, 1.54) is 10.5 Å². The number of aryl methyl sites for hydroxylation is 1. The van der Waals surface area contributed by atoms with Crippen molar-refractivity contribution in [2.24, 2.45) is 0 Å². The van der Waals surface area contributed by atoms with Crippen LogP contribution < -0.4 is 9.47 Å². The van der Waals surface area contributed by atoms with Crippen molar-refractivity contribution < 1.29 is 19.1 Å². The second kappa shape index (κ2) is 11.2. The largest absolute Gasteiger partial charge is 0.493 e. The molecule has 1 aliphatic rings. The Balaban J connectivity index is 1.53. The molecule has 2 amide bonds. The molecule has 35 heavy (non-hydrogen) atoms. The van der Waals surface area contributed by atoms with Gasteiger partial charge < -0.3 is 9.47 Å². The highest BCUT2D eigenvalue weighted by Crippen LogP contribution is 2.38. The predicted octanol–water partition coefficient (Wildman–Crippen LogP) is 7.73. The van der Waals surface area contributed by atoms with Crippen LogP contribution in [0, 0.1) is 10.5 Å². The summed E-state index contributed by atoms with van der Waals surface area (Å²) in [7, 11) is 1.57. The third kappa shape index (κ3) is 6.14. The molecule has 0 aliphatic carbocycles. The van der Waals surface area contributed by atoms with E-state index in [9.17, 15) is 9.59 Å². The highest BCUT2D eigenvalue weighted by molar-refractivity contribution is 14.1. The summed E-state index contributed by atoms with van der Waals surface area (Å²) in [5, 5.41) is 0.538. The SMILES string of the molecule is COc1cc(/C=C2\SC(=O)N(Cc3ccc(Cl)cc3Cl)C2=O)cc(I)c1OCc1ccc(C)cc1.